The molecule has 7 heteroatoms. The average molecular weight is 272 g/mol. The molecule has 0 radical (unpaired) electrons. The van der Waals surface area contributed by atoms with Crippen LogP contribution in [0.1, 0.15) is 20.7 Å². The Labute approximate surface area is 114 Å². The summed E-state index contributed by atoms with van der Waals surface area (Å²) in [5.74, 6) is -1.39. The van der Waals surface area contributed by atoms with Crippen molar-refractivity contribution in [1.82, 2.24) is 4.98 Å². The number of primary amides is 1. The van der Waals surface area contributed by atoms with Crippen molar-refractivity contribution in [1.29, 1.82) is 0 Å². The molecule has 0 spiro atoms. The van der Waals surface area contributed by atoms with E-state index in [0.29, 0.717) is 17.1 Å². The Morgan fingerprint density at radius 1 is 1.25 bits per heavy atom. The summed E-state index contributed by atoms with van der Waals surface area (Å²) < 4.78 is 0. The molecule has 1 amide bonds. The molecule has 7 nitrogen and oxygen atoms in total. The van der Waals surface area contributed by atoms with E-state index in [2.05, 4.69) is 10.3 Å². The van der Waals surface area contributed by atoms with Gasteiger partial charge in [-0.1, -0.05) is 6.07 Å². The van der Waals surface area contributed by atoms with Crippen molar-refractivity contribution in [3.63, 3.8) is 0 Å². The van der Waals surface area contributed by atoms with Crippen LogP contribution in [0.25, 0.3) is 0 Å². The molecule has 0 saturated carbocycles. The van der Waals surface area contributed by atoms with Crippen molar-refractivity contribution in [3.05, 3.63) is 47.7 Å². The van der Waals surface area contributed by atoms with Gasteiger partial charge in [-0.2, -0.15) is 0 Å². The van der Waals surface area contributed by atoms with Crippen molar-refractivity contribution >= 4 is 29.1 Å². The number of rotatable bonds is 4. The predicted molar refractivity (Wildman–Crippen MR) is 73.9 cm³/mol. The lowest BCUT2D eigenvalue weighted by atomic mass is 10.2. The standard InChI is InChI=1S/C13H12N4O3/c14-10-6-16-11(5-9(10)13(19)20)17-8-3-1-2-7(4-8)12(15)18/h1-6H,14H2,(H2,15,18)(H,16,17)(H,19,20). The number of nitrogens with zero attached hydrogens (tertiary/aromatic N) is 1. The van der Waals surface area contributed by atoms with E-state index in [1.807, 2.05) is 0 Å². The van der Waals surface area contributed by atoms with Gasteiger partial charge in [0.1, 0.15) is 5.82 Å². The summed E-state index contributed by atoms with van der Waals surface area (Å²) in [7, 11) is 0. The van der Waals surface area contributed by atoms with E-state index >= 15 is 0 Å². The molecule has 20 heavy (non-hydrogen) atoms. The van der Waals surface area contributed by atoms with Gasteiger partial charge >= 0.3 is 5.97 Å². The molecular formula is C13H12N4O3. The number of anilines is 3. The highest BCUT2D eigenvalue weighted by Gasteiger charge is 2.10. The predicted octanol–water partition coefficient (Wildman–Crippen LogP) is 1.20. The molecule has 0 fully saturated rings. The number of aromatic carboxylic acids is 1. The molecule has 0 aliphatic heterocycles. The molecule has 6 N–H and O–H groups in total. The number of amides is 1. The number of aromatic nitrogens is 1. The van der Waals surface area contributed by atoms with E-state index < -0.39 is 11.9 Å². The zero-order valence-electron chi connectivity index (χ0n) is 10.3. The van der Waals surface area contributed by atoms with E-state index in [1.54, 1.807) is 24.3 Å². The average Bonchev–Trinajstić information content (AvgIpc) is 2.41. The Morgan fingerprint density at radius 3 is 2.65 bits per heavy atom. The van der Waals surface area contributed by atoms with Gasteiger partial charge in [-0.25, -0.2) is 9.78 Å². The Morgan fingerprint density at radius 2 is 2.00 bits per heavy atom. The van der Waals surface area contributed by atoms with Crippen molar-refractivity contribution in [2.75, 3.05) is 11.1 Å². The number of carboxylic acid groups (broad SMARTS) is 1. The number of hydrogen-bond donors (Lipinski definition) is 4. The fourth-order valence-corrected chi connectivity index (χ4v) is 1.62. The maximum atomic E-state index is 11.1. The van der Waals surface area contributed by atoms with E-state index in [9.17, 15) is 9.59 Å². The number of pyridine rings is 1. The third kappa shape index (κ3) is 2.83. The molecule has 1 heterocycles. The summed E-state index contributed by atoms with van der Waals surface area (Å²) in [6.07, 6.45) is 1.25. The number of carbonyl (C=O) groups is 2. The Balaban J connectivity index is 2.30. The van der Waals surface area contributed by atoms with E-state index in [4.69, 9.17) is 16.6 Å². The second-order valence-electron chi connectivity index (χ2n) is 4.03. The minimum Gasteiger partial charge on any atom is -0.478 e. The largest absolute Gasteiger partial charge is 0.478 e. The van der Waals surface area contributed by atoms with Gasteiger partial charge in [0.2, 0.25) is 5.91 Å². The highest BCUT2D eigenvalue weighted by molar-refractivity contribution is 5.95. The maximum Gasteiger partial charge on any atom is 0.337 e. The van der Waals surface area contributed by atoms with Crippen LogP contribution in [-0.2, 0) is 0 Å². The van der Waals surface area contributed by atoms with Gasteiger partial charge < -0.3 is 21.9 Å². The normalized spacial score (nSPS) is 10.0. The smallest absolute Gasteiger partial charge is 0.337 e. The Hall–Kier alpha value is -3.09. The zero-order chi connectivity index (χ0) is 14.7. The SMILES string of the molecule is NC(=O)c1cccc(Nc2cc(C(=O)O)c(N)cn2)c1. The summed E-state index contributed by atoms with van der Waals surface area (Å²) >= 11 is 0. The monoisotopic (exact) mass is 272 g/mol. The number of carboxylic acids is 1. The first-order chi connectivity index (χ1) is 9.47. The second kappa shape index (κ2) is 5.27. The van der Waals surface area contributed by atoms with Gasteiger partial charge in [-0.15, -0.1) is 0 Å². The van der Waals surface area contributed by atoms with Crippen LogP contribution in [0.5, 0.6) is 0 Å². The molecule has 102 valence electrons. The summed E-state index contributed by atoms with van der Waals surface area (Å²) in [6.45, 7) is 0. The number of nitrogens with two attached hydrogens (primary N) is 2. The molecule has 0 atom stereocenters. The molecule has 2 aromatic rings. The fourth-order valence-electron chi connectivity index (χ4n) is 1.62. The van der Waals surface area contributed by atoms with Crippen LogP contribution in [0.15, 0.2) is 36.5 Å². The molecule has 0 saturated heterocycles. The van der Waals surface area contributed by atoms with Gasteiger partial charge in [0.15, 0.2) is 0 Å². The molecule has 2 rings (SSSR count). The number of benzene rings is 1. The molecule has 0 unspecified atom stereocenters. The fraction of sp³-hybridized carbons (Fsp3) is 0. The molecular weight excluding hydrogens is 260 g/mol. The van der Waals surface area contributed by atoms with Crippen LogP contribution < -0.4 is 16.8 Å². The first-order valence-corrected chi connectivity index (χ1v) is 5.63. The maximum absolute atomic E-state index is 11.1. The summed E-state index contributed by atoms with van der Waals surface area (Å²) in [5.41, 5.74) is 11.6. The van der Waals surface area contributed by atoms with Crippen molar-refractivity contribution < 1.29 is 14.7 Å². The van der Waals surface area contributed by atoms with Crippen molar-refractivity contribution in [3.8, 4) is 0 Å². The van der Waals surface area contributed by atoms with Crippen LogP contribution in [0.3, 0.4) is 0 Å². The summed E-state index contributed by atoms with van der Waals surface area (Å²) in [4.78, 5) is 26.0. The number of hydrogen-bond acceptors (Lipinski definition) is 5. The molecule has 1 aromatic carbocycles. The third-order valence-corrected chi connectivity index (χ3v) is 2.58. The lowest BCUT2D eigenvalue weighted by Crippen LogP contribution is -2.11. The third-order valence-electron chi connectivity index (χ3n) is 2.58. The highest BCUT2D eigenvalue weighted by Crippen LogP contribution is 2.19. The van der Waals surface area contributed by atoms with Gasteiger partial charge in [0, 0.05) is 11.3 Å². The van der Waals surface area contributed by atoms with Gasteiger partial charge in [-0.05, 0) is 24.3 Å². The molecule has 0 bridgehead atoms. The van der Waals surface area contributed by atoms with Crippen molar-refractivity contribution in [2.24, 2.45) is 5.73 Å². The first-order valence-electron chi connectivity index (χ1n) is 5.63. The van der Waals surface area contributed by atoms with Crippen LogP contribution in [0.2, 0.25) is 0 Å². The van der Waals surface area contributed by atoms with E-state index in [1.165, 1.54) is 12.3 Å². The second-order valence-corrected chi connectivity index (χ2v) is 4.03. The van der Waals surface area contributed by atoms with E-state index in [-0.39, 0.29) is 11.3 Å². The number of nitrogens with one attached hydrogen (secondary N) is 1. The van der Waals surface area contributed by atoms with Crippen LogP contribution >= 0.6 is 0 Å². The molecule has 0 aliphatic carbocycles. The van der Waals surface area contributed by atoms with Crippen LogP contribution in [-0.4, -0.2) is 22.0 Å². The van der Waals surface area contributed by atoms with Crippen molar-refractivity contribution in [2.45, 2.75) is 0 Å². The number of carbonyl (C=O) groups excluding carboxylic acids is 1. The van der Waals surface area contributed by atoms with Gasteiger partial charge in [0.05, 0.1) is 17.4 Å². The lowest BCUT2D eigenvalue weighted by molar-refractivity contribution is 0.0697. The number of nitrogen functional groups attached to an aromatic ring is 1. The molecule has 1 aromatic heterocycles. The quantitative estimate of drug-likeness (QED) is 0.661. The van der Waals surface area contributed by atoms with Crippen LogP contribution in [0, 0.1) is 0 Å². The molecule has 0 aliphatic rings. The first kappa shape index (κ1) is 13.3. The van der Waals surface area contributed by atoms with Crippen LogP contribution in [0.4, 0.5) is 17.2 Å². The zero-order valence-corrected chi connectivity index (χ0v) is 10.3. The lowest BCUT2D eigenvalue weighted by Gasteiger charge is -2.08. The van der Waals surface area contributed by atoms with E-state index in [0.717, 1.165) is 0 Å². The summed E-state index contributed by atoms with van der Waals surface area (Å²) in [5, 5.41) is 11.9. The Bertz CT molecular complexity index is 685. The minimum atomic E-state index is -1.14. The minimum absolute atomic E-state index is 0.0476. The topological polar surface area (TPSA) is 131 Å². The Kier molecular flexibility index (Phi) is 3.52. The van der Waals surface area contributed by atoms with Gasteiger partial charge in [-0.3, -0.25) is 4.79 Å². The van der Waals surface area contributed by atoms with Gasteiger partial charge in [0.25, 0.3) is 0 Å². The highest BCUT2D eigenvalue weighted by atomic mass is 16.4. The summed E-state index contributed by atoms with van der Waals surface area (Å²) in [6, 6.07) is 7.78.